The van der Waals surface area contributed by atoms with Crippen molar-refractivity contribution in [3.05, 3.63) is 175 Å². The first kappa shape index (κ1) is 27.4. The molecule has 0 radical (unpaired) electrons. The zero-order valence-electron chi connectivity index (χ0n) is 25.2. The van der Waals surface area contributed by atoms with Crippen molar-refractivity contribution in [1.29, 1.82) is 0 Å². The molecular weight excluding hydrogens is 530 g/mol. The van der Waals surface area contributed by atoms with Crippen LogP contribution in [0.2, 0.25) is 0 Å². The Morgan fingerprint density at radius 2 is 0.841 bits per heavy atom. The molecule has 0 aliphatic carbocycles. The van der Waals surface area contributed by atoms with Crippen LogP contribution < -0.4 is 4.90 Å². The van der Waals surface area contributed by atoms with E-state index < -0.39 is 0 Å². The van der Waals surface area contributed by atoms with Crippen molar-refractivity contribution in [2.45, 2.75) is 19.8 Å². The zero-order chi connectivity index (χ0) is 29.9. The van der Waals surface area contributed by atoms with Gasteiger partial charge in [-0.05, 0) is 69.0 Å². The number of anilines is 3. The molecule has 0 atom stereocenters. The maximum Gasteiger partial charge on any atom is 0.0618 e. The molecule has 1 nitrogen and oxygen atoms in total. The average molecular weight is 566 g/mol. The predicted molar refractivity (Wildman–Crippen MR) is 189 cm³/mol. The molecule has 7 aromatic carbocycles. The molecule has 0 spiro atoms. The second-order valence-electron chi connectivity index (χ2n) is 11.6. The van der Waals surface area contributed by atoms with Crippen molar-refractivity contribution in [3.63, 3.8) is 0 Å². The molecule has 0 aliphatic heterocycles. The summed E-state index contributed by atoms with van der Waals surface area (Å²) in [5.41, 5.74) is 12.0. The van der Waals surface area contributed by atoms with E-state index in [1.807, 2.05) is 0 Å². The van der Waals surface area contributed by atoms with Gasteiger partial charge in [0.25, 0.3) is 0 Å². The van der Waals surface area contributed by atoms with Gasteiger partial charge in [0.2, 0.25) is 0 Å². The molecule has 0 amide bonds. The molecule has 0 N–H and O–H groups in total. The van der Waals surface area contributed by atoms with E-state index in [0.717, 1.165) is 11.4 Å². The van der Waals surface area contributed by atoms with Crippen LogP contribution in [-0.2, 0) is 0 Å². The van der Waals surface area contributed by atoms with Gasteiger partial charge < -0.3 is 4.90 Å². The molecule has 1 heteroatoms. The third-order valence-electron chi connectivity index (χ3n) is 8.48. The van der Waals surface area contributed by atoms with Gasteiger partial charge in [-0.25, -0.2) is 0 Å². The summed E-state index contributed by atoms with van der Waals surface area (Å²) in [7, 11) is 0. The summed E-state index contributed by atoms with van der Waals surface area (Å²) in [6.07, 6.45) is 0. The minimum Gasteiger partial charge on any atom is -0.309 e. The highest BCUT2D eigenvalue weighted by atomic mass is 15.1. The molecule has 0 aliphatic rings. The smallest absolute Gasteiger partial charge is 0.0618 e. The first-order valence-corrected chi connectivity index (χ1v) is 15.4. The second kappa shape index (κ2) is 12.1. The van der Waals surface area contributed by atoms with E-state index in [0.29, 0.717) is 5.92 Å². The molecule has 0 heterocycles. The van der Waals surface area contributed by atoms with E-state index in [1.165, 1.54) is 55.4 Å². The van der Waals surface area contributed by atoms with Crippen LogP contribution in [0.1, 0.15) is 25.3 Å². The van der Waals surface area contributed by atoms with Gasteiger partial charge in [0.05, 0.1) is 5.69 Å². The number of benzene rings is 7. The summed E-state index contributed by atoms with van der Waals surface area (Å²) in [5.74, 6) is 0.489. The molecule has 0 bridgehead atoms. The topological polar surface area (TPSA) is 3.24 Å². The Bertz CT molecular complexity index is 1910. The number of rotatable bonds is 7. The lowest BCUT2D eigenvalue weighted by molar-refractivity contribution is 0.867. The lowest BCUT2D eigenvalue weighted by atomic mass is 9.94. The number of nitrogens with zero attached hydrogens (tertiary/aromatic N) is 1. The van der Waals surface area contributed by atoms with Crippen LogP contribution in [0.3, 0.4) is 0 Å². The summed E-state index contributed by atoms with van der Waals surface area (Å²) in [5, 5.41) is 2.44. The van der Waals surface area contributed by atoms with Gasteiger partial charge in [0.15, 0.2) is 0 Å². The fourth-order valence-electron chi connectivity index (χ4n) is 6.05. The Morgan fingerprint density at radius 1 is 0.386 bits per heavy atom. The van der Waals surface area contributed by atoms with Crippen molar-refractivity contribution >= 4 is 27.8 Å². The summed E-state index contributed by atoms with van der Waals surface area (Å²) in [6.45, 7) is 4.49. The summed E-state index contributed by atoms with van der Waals surface area (Å²) in [6, 6.07) is 61.5. The minimum absolute atomic E-state index is 0.489. The van der Waals surface area contributed by atoms with Crippen LogP contribution in [0.5, 0.6) is 0 Å². The number of hydrogen-bond acceptors (Lipinski definition) is 1. The third-order valence-corrected chi connectivity index (χ3v) is 8.48. The quantitative estimate of drug-likeness (QED) is 0.186. The van der Waals surface area contributed by atoms with Crippen molar-refractivity contribution in [3.8, 4) is 33.4 Å². The Labute approximate surface area is 260 Å². The zero-order valence-corrected chi connectivity index (χ0v) is 25.2. The second-order valence-corrected chi connectivity index (χ2v) is 11.6. The van der Waals surface area contributed by atoms with Crippen LogP contribution in [-0.4, -0.2) is 0 Å². The highest BCUT2D eigenvalue weighted by Crippen LogP contribution is 2.45. The normalized spacial score (nSPS) is 11.2. The monoisotopic (exact) mass is 565 g/mol. The number of hydrogen-bond donors (Lipinski definition) is 0. The molecule has 7 aromatic rings. The van der Waals surface area contributed by atoms with Crippen LogP contribution in [0.15, 0.2) is 170 Å². The maximum atomic E-state index is 2.43. The van der Waals surface area contributed by atoms with Gasteiger partial charge in [0.1, 0.15) is 0 Å². The predicted octanol–water partition coefficient (Wildman–Crippen LogP) is 12.4. The highest BCUT2D eigenvalue weighted by Gasteiger charge is 2.20. The first-order chi connectivity index (χ1) is 21.7. The molecule has 0 saturated carbocycles. The molecule has 44 heavy (non-hydrogen) atoms. The Hall–Kier alpha value is -5.40. The molecule has 7 rings (SSSR count). The van der Waals surface area contributed by atoms with Gasteiger partial charge in [0, 0.05) is 22.3 Å². The van der Waals surface area contributed by atoms with Crippen molar-refractivity contribution in [2.24, 2.45) is 0 Å². The standard InChI is InChI=1S/C43H35N/c1-31(2)32-17-19-38(20-18-32)42-30-25-37-15-9-10-16-41(37)43(42)44(39-26-21-35(22-27-39)33-11-5-3-6-12-33)40-28-23-36(24-29-40)34-13-7-4-8-14-34/h3-31H,1-2H3. The van der Waals surface area contributed by atoms with Crippen LogP contribution in [0, 0.1) is 0 Å². The molecule has 0 aromatic heterocycles. The van der Waals surface area contributed by atoms with Gasteiger partial charge in [-0.15, -0.1) is 0 Å². The van der Waals surface area contributed by atoms with E-state index in [-0.39, 0.29) is 0 Å². The van der Waals surface area contributed by atoms with Crippen LogP contribution in [0.25, 0.3) is 44.2 Å². The Balaban J connectivity index is 1.43. The minimum atomic E-state index is 0.489. The van der Waals surface area contributed by atoms with E-state index in [4.69, 9.17) is 0 Å². The lowest BCUT2D eigenvalue weighted by Gasteiger charge is -2.30. The highest BCUT2D eigenvalue weighted by molar-refractivity contribution is 6.06. The molecule has 0 fully saturated rings. The summed E-state index contributed by atoms with van der Waals surface area (Å²) >= 11 is 0. The van der Waals surface area contributed by atoms with Crippen molar-refractivity contribution < 1.29 is 0 Å². The third kappa shape index (κ3) is 5.41. The van der Waals surface area contributed by atoms with Gasteiger partial charge in [-0.1, -0.05) is 159 Å². The first-order valence-electron chi connectivity index (χ1n) is 15.4. The fraction of sp³-hybridized carbons (Fsp3) is 0.0698. The summed E-state index contributed by atoms with van der Waals surface area (Å²) in [4.78, 5) is 2.43. The van der Waals surface area contributed by atoms with E-state index in [9.17, 15) is 0 Å². The average Bonchev–Trinajstić information content (AvgIpc) is 3.10. The fourth-order valence-corrected chi connectivity index (χ4v) is 6.05. The largest absolute Gasteiger partial charge is 0.309 e. The lowest BCUT2D eigenvalue weighted by Crippen LogP contribution is -2.12. The molecule has 0 saturated heterocycles. The Morgan fingerprint density at radius 3 is 1.36 bits per heavy atom. The molecule has 0 unspecified atom stereocenters. The number of fused-ring (bicyclic) bond motifs is 1. The SMILES string of the molecule is CC(C)c1ccc(-c2ccc3ccccc3c2N(c2ccc(-c3ccccc3)cc2)c2ccc(-c3ccccc3)cc2)cc1. The maximum absolute atomic E-state index is 2.43. The van der Waals surface area contributed by atoms with Crippen LogP contribution >= 0.6 is 0 Å². The van der Waals surface area contributed by atoms with Gasteiger partial charge in [-0.3, -0.25) is 0 Å². The van der Waals surface area contributed by atoms with Crippen molar-refractivity contribution in [1.82, 2.24) is 0 Å². The van der Waals surface area contributed by atoms with E-state index >= 15 is 0 Å². The van der Waals surface area contributed by atoms with Crippen LogP contribution in [0.4, 0.5) is 17.1 Å². The van der Waals surface area contributed by atoms with Crippen molar-refractivity contribution in [2.75, 3.05) is 4.90 Å². The summed E-state index contributed by atoms with van der Waals surface area (Å²) < 4.78 is 0. The molecule has 212 valence electrons. The van der Waals surface area contributed by atoms with Gasteiger partial charge in [-0.2, -0.15) is 0 Å². The Kier molecular flexibility index (Phi) is 7.53. The van der Waals surface area contributed by atoms with Gasteiger partial charge >= 0.3 is 0 Å². The van der Waals surface area contributed by atoms with E-state index in [1.54, 1.807) is 0 Å². The molecular formula is C43H35N. The van der Waals surface area contributed by atoms with E-state index in [2.05, 4.69) is 189 Å².